The van der Waals surface area contributed by atoms with E-state index in [4.69, 9.17) is 0 Å². The third kappa shape index (κ3) is 2.43. The molecule has 96 valence electrons. The molecule has 0 aliphatic heterocycles. The molecule has 0 bridgehead atoms. The van der Waals surface area contributed by atoms with E-state index in [0.717, 1.165) is 22.8 Å². The van der Waals surface area contributed by atoms with Gasteiger partial charge in [-0.1, -0.05) is 0 Å². The van der Waals surface area contributed by atoms with Crippen molar-refractivity contribution in [1.29, 1.82) is 0 Å². The van der Waals surface area contributed by atoms with Crippen molar-refractivity contribution in [1.82, 2.24) is 14.8 Å². The molecule has 2 aromatic rings. The van der Waals surface area contributed by atoms with E-state index in [2.05, 4.69) is 15.4 Å². The molecule has 0 unspecified atom stereocenters. The summed E-state index contributed by atoms with van der Waals surface area (Å²) in [7, 11) is 0. The van der Waals surface area contributed by atoms with Crippen molar-refractivity contribution < 1.29 is 4.79 Å². The number of aryl methyl sites for hydroxylation is 4. The van der Waals surface area contributed by atoms with Crippen LogP contribution in [-0.2, 0) is 6.54 Å². The highest BCUT2D eigenvalue weighted by molar-refractivity contribution is 7.15. The summed E-state index contributed by atoms with van der Waals surface area (Å²) in [6.45, 7) is 8.60. The van der Waals surface area contributed by atoms with Gasteiger partial charge in [-0.25, -0.2) is 4.98 Å². The smallest absolute Gasteiger partial charge is 0.277 e. The second kappa shape index (κ2) is 4.89. The second-order valence-corrected chi connectivity index (χ2v) is 5.30. The van der Waals surface area contributed by atoms with Crippen LogP contribution in [0.2, 0.25) is 0 Å². The van der Waals surface area contributed by atoms with Gasteiger partial charge in [-0.3, -0.25) is 14.8 Å². The van der Waals surface area contributed by atoms with E-state index >= 15 is 0 Å². The quantitative estimate of drug-likeness (QED) is 0.926. The molecule has 0 spiro atoms. The number of nitrogens with zero attached hydrogens (tertiary/aromatic N) is 3. The topological polar surface area (TPSA) is 59.8 Å². The Morgan fingerprint density at radius 3 is 2.67 bits per heavy atom. The molecule has 18 heavy (non-hydrogen) atoms. The Hall–Kier alpha value is -1.69. The van der Waals surface area contributed by atoms with Crippen molar-refractivity contribution in [3.8, 4) is 0 Å². The lowest BCUT2D eigenvalue weighted by molar-refractivity contribution is 0.102. The van der Waals surface area contributed by atoms with Gasteiger partial charge in [-0.05, 0) is 33.8 Å². The SMILES string of the molecule is CCn1nc(C(=O)Nc2nc(C)c(C)s2)cc1C. The van der Waals surface area contributed by atoms with Gasteiger partial charge in [0, 0.05) is 17.1 Å². The maximum atomic E-state index is 12.0. The number of rotatable bonds is 3. The summed E-state index contributed by atoms with van der Waals surface area (Å²) in [6.07, 6.45) is 0. The highest BCUT2D eigenvalue weighted by atomic mass is 32.1. The molecular formula is C12H16N4OS. The third-order valence-electron chi connectivity index (χ3n) is 2.76. The molecule has 1 amide bonds. The van der Waals surface area contributed by atoms with Gasteiger partial charge in [0.05, 0.1) is 5.69 Å². The van der Waals surface area contributed by atoms with Gasteiger partial charge in [0.2, 0.25) is 0 Å². The third-order valence-corrected chi connectivity index (χ3v) is 3.75. The van der Waals surface area contributed by atoms with Crippen molar-refractivity contribution in [3.05, 3.63) is 28.0 Å². The molecule has 0 aliphatic carbocycles. The molecular weight excluding hydrogens is 248 g/mol. The molecule has 1 N–H and O–H groups in total. The van der Waals surface area contributed by atoms with E-state index in [-0.39, 0.29) is 5.91 Å². The largest absolute Gasteiger partial charge is 0.296 e. The summed E-state index contributed by atoms with van der Waals surface area (Å²) >= 11 is 1.48. The predicted octanol–water partition coefficient (Wildman–Crippen LogP) is 2.54. The van der Waals surface area contributed by atoms with Crippen LogP contribution >= 0.6 is 11.3 Å². The molecule has 0 saturated carbocycles. The maximum Gasteiger partial charge on any atom is 0.277 e. The fourth-order valence-corrected chi connectivity index (χ4v) is 2.44. The van der Waals surface area contributed by atoms with Gasteiger partial charge < -0.3 is 0 Å². The molecule has 0 atom stereocenters. The summed E-state index contributed by atoms with van der Waals surface area (Å²) in [5, 5.41) is 7.64. The Morgan fingerprint density at radius 1 is 1.44 bits per heavy atom. The highest BCUT2D eigenvalue weighted by Crippen LogP contribution is 2.21. The van der Waals surface area contributed by atoms with Gasteiger partial charge >= 0.3 is 0 Å². The van der Waals surface area contributed by atoms with Crippen LogP contribution in [-0.4, -0.2) is 20.7 Å². The first kappa shape index (κ1) is 12.8. The van der Waals surface area contributed by atoms with E-state index in [9.17, 15) is 4.79 Å². The summed E-state index contributed by atoms with van der Waals surface area (Å²) < 4.78 is 1.80. The van der Waals surface area contributed by atoms with E-state index < -0.39 is 0 Å². The minimum atomic E-state index is -0.209. The maximum absolute atomic E-state index is 12.0. The monoisotopic (exact) mass is 264 g/mol. The molecule has 0 aromatic carbocycles. The molecule has 2 rings (SSSR count). The Kier molecular flexibility index (Phi) is 3.47. The van der Waals surface area contributed by atoms with Crippen LogP contribution in [0.25, 0.3) is 0 Å². The van der Waals surface area contributed by atoms with Crippen molar-refractivity contribution in [2.45, 2.75) is 34.2 Å². The van der Waals surface area contributed by atoms with Crippen molar-refractivity contribution in [3.63, 3.8) is 0 Å². The fourth-order valence-electron chi connectivity index (χ4n) is 1.63. The summed E-state index contributed by atoms with van der Waals surface area (Å²) in [5.41, 5.74) is 2.36. The lowest BCUT2D eigenvalue weighted by Crippen LogP contribution is -2.13. The van der Waals surface area contributed by atoms with Crippen LogP contribution < -0.4 is 5.32 Å². The van der Waals surface area contributed by atoms with E-state index in [1.54, 1.807) is 10.7 Å². The average Bonchev–Trinajstić information content (AvgIpc) is 2.83. The molecule has 5 nitrogen and oxygen atoms in total. The lowest BCUT2D eigenvalue weighted by Gasteiger charge is -1.98. The number of carbonyl (C=O) groups excluding carboxylic acids is 1. The number of carbonyl (C=O) groups is 1. The lowest BCUT2D eigenvalue weighted by atomic mass is 10.3. The van der Waals surface area contributed by atoms with Crippen LogP contribution in [0.15, 0.2) is 6.07 Å². The summed E-state index contributed by atoms with van der Waals surface area (Å²) in [6, 6.07) is 1.78. The molecule has 0 aliphatic rings. The number of hydrogen-bond acceptors (Lipinski definition) is 4. The standard InChI is InChI=1S/C12H16N4OS/c1-5-16-7(2)6-10(15-16)11(17)14-12-13-8(3)9(4)18-12/h6H,5H2,1-4H3,(H,13,14,17). The number of aromatic nitrogens is 3. The molecule has 2 aromatic heterocycles. The van der Waals surface area contributed by atoms with Crippen LogP contribution in [0.4, 0.5) is 5.13 Å². The van der Waals surface area contributed by atoms with Crippen LogP contribution in [0, 0.1) is 20.8 Å². The van der Waals surface area contributed by atoms with Crippen LogP contribution in [0.1, 0.15) is 33.7 Å². The minimum absolute atomic E-state index is 0.209. The van der Waals surface area contributed by atoms with Gasteiger partial charge in [-0.2, -0.15) is 5.10 Å². The molecule has 0 radical (unpaired) electrons. The average molecular weight is 264 g/mol. The Balaban J connectivity index is 2.16. The minimum Gasteiger partial charge on any atom is -0.296 e. The summed E-state index contributed by atoms with van der Waals surface area (Å²) in [4.78, 5) is 17.4. The fraction of sp³-hybridized carbons (Fsp3) is 0.417. The highest BCUT2D eigenvalue weighted by Gasteiger charge is 2.14. The zero-order chi connectivity index (χ0) is 13.3. The van der Waals surface area contributed by atoms with Gasteiger partial charge in [0.25, 0.3) is 5.91 Å². The molecule has 0 fully saturated rings. The van der Waals surface area contributed by atoms with Crippen LogP contribution in [0.5, 0.6) is 0 Å². The molecule has 6 heteroatoms. The summed E-state index contributed by atoms with van der Waals surface area (Å²) in [5.74, 6) is -0.209. The van der Waals surface area contributed by atoms with Gasteiger partial charge in [0.15, 0.2) is 10.8 Å². The van der Waals surface area contributed by atoms with Crippen molar-refractivity contribution in [2.75, 3.05) is 5.32 Å². The van der Waals surface area contributed by atoms with E-state index in [0.29, 0.717) is 10.8 Å². The molecule has 0 saturated heterocycles. The molecule has 2 heterocycles. The van der Waals surface area contributed by atoms with E-state index in [1.165, 1.54) is 11.3 Å². The first-order valence-corrected chi connectivity index (χ1v) is 6.62. The second-order valence-electron chi connectivity index (χ2n) is 4.10. The number of thiazole rings is 1. The Morgan fingerprint density at radius 2 is 2.17 bits per heavy atom. The predicted molar refractivity (Wildman–Crippen MR) is 72.2 cm³/mol. The zero-order valence-electron chi connectivity index (χ0n) is 10.9. The van der Waals surface area contributed by atoms with Gasteiger partial charge in [-0.15, -0.1) is 11.3 Å². The number of anilines is 1. The zero-order valence-corrected chi connectivity index (χ0v) is 11.8. The number of nitrogens with one attached hydrogen (secondary N) is 1. The van der Waals surface area contributed by atoms with Crippen molar-refractivity contribution in [2.24, 2.45) is 0 Å². The normalized spacial score (nSPS) is 10.7. The van der Waals surface area contributed by atoms with Crippen LogP contribution in [0.3, 0.4) is 0 Å². The number of amides is 1. The van der Waals surface area contributed by atoms with Gasteiger partial charge in [0.1, 0.15) is 0 Å². The first-order valence-electron chi connectivity index (χ1n) is 5.81. The Labute approximate surface area is 110 Å². The van der Waals surface area contributed by atoms with Crippen molar-refractivity contribution >= 4 is 22.4 Å². The number of hydrogen-bond donors (Lipinski definition) is 1. The Bertz CT molecular complexity index is 565. The first-order chi connectivity index (χ1) is 8.51. The van der Waals surface area contributed by atoms with E-state index in [1.807, 2.05) is 27.7 Å².